The van der Waals surface area contributed by atoms with E-state index in [9.17, 15) is 8.78 Å². The van der Waals surface area contributed by atoms with Crippen LogP contribution in [0, 0.1) is 6.92 Å². The number of aryl methyl sites for hydroxylation is 1. The lowest BCUT2D eigenvalue weighted by Gasteiger charge is -2.18. The highest BCUT2D eigenvalue weighted by atomic mass is 32.1. The zero-order chi connectivity index (χ0) is 15.2. The van der Waals surface area contributed by atoms with Crippen LogP contribution in [0.15, 0.2) is 35.7 Å². The molecule has 0 amide bonds. The maximum Gasteiger partial charge on any atom is 0.387 e. The Labute approximate surface area is 127 Å². The third-order valence-corrected chi connectivity index (χ3v) is 4.00. The number of hydrogen-bond donors (Lipinski definition) is 1. The van der Waals surface area contributed by atoms with Crippen LogP contribution in [-0.4, -0.2) is 13.2 Å². The van der Waals surface area contributed by atoms with Gasteiger partial charge >= 0.3 is 6.61 Å². The number of benzene rings is 1. The fourth-order valence-electron chi connectivity index (χ4n) is 2.17. The molecule has 2 aromatic rings. The zero-order valence-corrected chi connectivity index (χ0v) is 12.9. The summed E-state index contributed by atoms with van der Waals surface area (Å²) in [5, 5.41) is 5.62. The van der Waals surface area contributed by atoms with E-state index >= 15 is 0 Å². The molecule has 0 aliphatic rings. The molecular weight excluding hydrogens is 292 g/mol. The van der Waals surface area contributed by atoms with Gasteiger partial charge in [-0.2, -0.15) is 8.78 Å². The highest BCUT2D eigenvalue weighted by Crippen LogP contribution is 2.28. The Bertz CT molecular complexity index is 554. The molecule has 5 heteroatoms. The summed E-state index contributed by atoms with van der Waals surface area (Å²) in [5.41, 5.74) is 2.25. The smallest absolute Gasteiger partial charge is 0.387 e. The van der Waals surface area contributed by atoms with Crippen molar-refractivity contribution in [3.05, 3.63) is 51.7 Å². The van der Waals surface area contributed by atoms with Gasteiger partial charge < -0.3 is 10.1 Å². The van der Waals surface area contributed by atoms with Crippen LogP contribution in [-0.2, 0) is 0 Å². The van der Waals surface area contributed by atoms with Crippen LogP contribution in [0.25, 0.3) is 0 Å². The second kappa shape index (κ2) is 7.52. The third kappa shape index (κ3) is 4.51. The van der Waals surface area contributed by atoms with Gasteiger partial charge in [0.05, 0.1) is 6.04 Å². The number of halogens is 2. The van der Waals surface area contributed by atoms with Crippen molar-refractivity contribution in [3.63, 3.8) is 0 Å². The lowest BCUT2D eigenvalue weighted by molar-refractivity contribution is -0.0498. The summed E-state index contributed by atoms with van der Waals surface area (Å²) in [6, 6.07) is 9.07. The summed E-state index contributed by atoms with van der Waals surface area (Å²) in [6.45, 7) is 2.30. The Morgan fingerprint density at radius 2 is 1.90 bits per heavy atom. The van der Waals surface area contributed by atoms with Crippen LogP contribution < -0.4 is 10.1 Å². The number of nitrogens with one attached hydrogen (secondary N) is 1. The molecule has 0 spiro atoms. The minimum Gasteiger partial charge on any atom is -0.435 e. The van der Waals surface area contributed by atoms with Crippen LogP contribution in [0.1, 0.15) is 35.4 Å². The first-order valence-corrected chi connectivity index (χ1v) is 7.81. The van der Waals surface area contributed by atoms with Crippen molar-refractivity contribution in [3.8, 4) is 5.75 Å². The zero-order valence-electron chi connectivity index (χ0n) is 12.1. The van der Waals surface area contributed by atoms with Crippen LogP contribution in [0.2, 0.25) is 0 Å². The monoisotopic (exact) mass is 311 g/mol. The first kappa shape index (κ1) is 15.9. The van der Waals surface area contributed by atoms with E-state index in [4.69, 9.17) is 0 Å². The molecule has 21 heavy (non-hydrogen) atoms. The Kier molecular flexibility index (Phi) is 5.70. The molecule has 1 aromatic heterocycles. The van der Waals surface area contributed by atoms with Gasteiger partial charge in [0.1, 0.15) is 5.75 Å². The predicted molar refractivity (Wildman–Crippen MR) is 82.3 cm³/mol. The molecule has 0 radical (unpaired) electrons. The second-order valence-corrected chi connectivity index (χ2v) is 5.94. The summed E-state index contributed by atoms with van der Waals surface area (Å²) >= 11 is 1.71. The molecule has 0 fully saturated rings. The van der Waals surface area contributed by atoms with Crippen molar-refractivity contribution >= 4 is 11.3 Å². The van der Waals surface area contributed by atoms with Crippen LogP contribution in [0.4, 0.5) is 8.78 Å². The normalized spacial score (nSPS) is 12.6. The topological polar surface area (TPSA) is 21.3 Å². The first-order valence-electron chi connectivity index (χ1n) is 6.93. The van der Waals surface area contributed by atoms with Crippen molar-refractivity contribution < 1.29 is 13.5 Å². The highest BCUT2D eigenvalue weighted by Gasteiger charge is 2.15. The molecule has 2 nitrogen and oxygen atoms in total. The number of rotatable bonds is 7. The van der Waals surface area contributed by atoms with Crippen LogP contribution >= 0.6 is 11.3 Å². The summed E-state index contributed by atoms with van der Waals surface area (Å²) in [5.74, 6) is 0.185. The molecule has 0 saturated carbocycles. The number of hydrogen-bond acceptors (Lipinski definition) is 3. The van der Waals surface area contributed by atoms with E-state index in [0.29, 0.717) is 0 Å². The average molecular weight is 311 g/mol. The lowest BCUT2D eigenvalue weighted by atomic mass is 10.0. The Balaban J connectivity index is 2.20. The van der Waals surface area contributed by atoms with Crippen molar-refractivity contribution in [2.75, 3.05) is 6.54 Å². The molecule has 0 bridgehead atoms. The molecule has 0 saturated heterocycles. The lowest BCUT2D eigenvalue weighted by Crippen LogP contribution is -2.22. The Morgan fingerprint density at radius 3 is 2.43 bits per heavy atom. The molecule has 0 aliphatic heterocycles. The van der Waals surface area contributed by atoms with E-state index in [0.717, 1.165) is 18.5 Å². The van der Waals surface area contributed by atoms with Crippen LogP contribution in [0.3, 0.4) is 0 Å². The van der Waals surface area contributed by atoms with E-state index in [-0.39, 0.29) is 11.8 Å². The van der Waals surface area contributed by atoms with Crippen molar-refractivity contribution in [2.45, 2.75) is 32.9 Å². The van der Waals surface area contributed by atoms with E-state index in [1.165, 1.54) is 10.4 Å². The molecule has 114 valence electrons. The van der Waals surface area contributed by atoms with E-state index < -0.39 is 6.61 Å². The maximum absolute atomic E-state index is 12.2. The third-order valence-electron chi connectivity index (χ3n) is 3.12. The van der Waals surface area contributed by atoms with E-state index in [1.54, 1.807) is 23.5 Å². The van der Waals surface area contributed by atoms with Gasteiger partial charge in [-0.25, -0.2) is 0 Å². The van der Waals surface area contributed by atoms with Gasteiger partial charge in [-0.05, 0) is 54.6 Å². The minimum atomic E-state index is -2.79. The van der Waals surface area contributed by atoms with Crippen molar-refractivity contribution in [1.82, 2.24) is 5.32 Å². The SMILES string of the molecule is CCCNC(c1ccc(OC(F)F)cc1)c1csc(C)c1. The molecule has 1 aromatic carbocycles. The van der Waals surface area contributed by atoms with E-state index in [1.807, 2.05) is 12.1 Å². The van der Waals surface area contributed by atoms with Gasteiger partial charge in [0.15, 0.2) is 0 Å². The number of thiophene rings is 1. The predicted octanol–water partition coefficient (Wildman–Crippen LogP) is 4.75. The molecule has 1 unspecified atom stereocenters. The first-order chi connectivity index (χ1) is 10.1. The average Bonchev–Trinajstić information content (AvgIpc) is 2.87. The van der Waals surface area contributed by atoms with Gasteiger partial charge in [0, 0.05) is 4.88 Å². The van der Waals surface area contributed by atoms with E-state index in [2.05, 4.69) is 35.3 Å². The second-order valence-electron chi connectivity index (χ2n) is 4.83. The summed E-state index contributed by atoms with van der Waals surface area (Å²) in [7, 11) is 0. The molecule has 0 aliphatic carbocycles. The molecular formula is C16H19F2NOS. The Hall–Kier alpha value is -1.46. The van der Waals surface area contributed by atoms with Crippen molar-refractivity contribution in [2.24, 2.45) is 0 Å². The summed E-state index contributed by atoms with van der Waals surface area (Å²) in [6.07, 6.45) is 1.03. The fourth-order valence-corrected chi connectivity index (χ4v) is 2.90. The molecule has 2 rings (SSSR count). The minimum absolute atomic E-state index is 0.0792. The standard InChI is InChI=1S/C16H19F2NOS/c1-3-8-19-15(13-9-11(2)21-10-13)12-4-6-14(7-5-12)20-16(17)18/h4-7,9-10,15-16,19H,3,8H2,1-2H3. The summed E-state index contributed by atoms with van der Waals surface area (Å²) < 4.78 is 28.7. The number of alkyl halides is 2. The Morgan fingerprint density at radius 1 is 1.19 bits per heavy atom. The summed E-state index contributed by atoms with van der Waals surface area (Å²) in [4.78, 5) is 1.26. The van der Waals surface area contributed by atoms with Gasteiger partial charge in [-0.1, -0.05) is 19.1 Å². The highest BCUT2D eigenvalue weighted by molar-refractivity contribution is 7.10. The largest absolute Gasteiger partial charge is 0.435 e. The quantitative estimate of drug-likeness (QED) is 0.797. The maximum atomic E-state index is 12.2. The fraction of sp³-hybridized carbons (Fsp3) is 0.375. The van der Waals surface area contributed by atoms with Gasteiger partial charge in [-0.3, -0.25) is 0 Å². The van der Waals surface area contributed by atoms with Crippen molar-refractivity contribution in [1.29, 1.82) is 0 Å². The number of ether oxygens (including phenoxy) is 1. The molecule has 1 atom stereocenters. The molecule has 1 N–H and O–H groups in total. The van der Waals surface area contributed by atoms with Gasteiger partial charge in [0.25, 0.3) is 0 Å². The van der Waals surface area contributed by atoms with Gasteiger partial charge in [-0.15, -0.1) is 11.3 Å². The van der Waals surface area contributed by atoms with Gasteiger partial charge in [0.2, 0.25) is 0 Å². The van der Waals surface area contributed by atoms with Crippen LogP contribution in [0.5, 0.6) is 5.75 Å². The molecule has 1 heterocycles.